The molecule has 0 bridgehead atoms. The predicted molar refractivity (Wildman–Crippen MR) is 56.4 cm³/mol. The molecule has 0 spiro atoms. The number of rotatable bonds is 4. The molecule has 1 saturated heterocycles. The largest absolute Gasteiger partial charge is 0.492 e. The van der Waals surface area contributed by atoms with Crippen molar-refractivity contribution in [1.82, 2.24) is 4.90 Å². The highest BCUT2D eigenvalue weighted by Gasteiger charge is 2.10. The Morgan fingerprint density at radius 3 is 2.86 bits per heavy atom. The third-order valence-electron chi connectivity index (χ3n) is 2.54. The maximum absolute atomic E-state index is 5.57. The number of ether oxygens (including phenoxy) is 1. The van der Waals surface area contributed by atoms with Crippen LogP contribution >= 0.6 is 0 Å². The highest BCUT2D eigenvalue weighted by molar-refractivity contribution is 5.19. The summed E-state index contributed by atoms with van der Waals surface area (Å²) in [7, 11) is 0. The van der Waals surface area contributed by atoms with Crippen LogP contribution in [0.15, 0.2) is 24.3 Å². The van der Waals surface area contributed by atoms with Crippen LogP contribution in [0.4, 0.5) is 0 Å². The smallest absolute Gasteiger partial charge is 0.127 e. The van der Waals surface area contributed by atoms with E-state index in [-0.39, 0.29) is 0 Å². The Bertz CT molecular complexity index is 254. The number of nitrogens with zero attached hydrogens (tertiary/aromatic N) is 1. The fraction of sp³-hybridized carbons (Fsp3) is 0.500. The van der Waals surface area contributed by atoms with E-state index in [2.05, 4.69) is 11.0 Å². The summed E-state index contributed by atoms with van der Waals surface area (Å²) in [4.78, 5) is 2.45. The molecular formula is C12H16NO. The SMILES string of the molecule is [c]1ccccc1OCCN1CCCC1. The molecule has 2 rings (SSSR count). The molecule has 1 aromatic rings. The van der Waals surface area contributed by atoms with Gasteiger partial charge in [0.25, 0.3) is 0 Å². The van der Waals surface area contributed by atoms with Gasteiger partial charge in [-0.05, 0) is 32.0 Å². The van der Waals surface area contributed by atoms with Crippen molar-refractivity contribution in [2.75, 3.05) is 26.2 Å². The number of para-hydroxylation sites is 1. The van der Waals surface area contributed by atoms with Gasteiger partial charge in [-0.1, -0.05) is 18.2 Å². The van der Waals surface area contributed by atoms with Gasteiger partial charge in [-0.25, -0.2) is 0 Å². The van der Waals surface area contributed by atoms with Gasteiger partial charge in [-0.15, -0.1) is 0 Å². The fourth-order valence-corrected chi connectivity index (χ4v) is 1.76. The van der Waals surface area contributed by atoms with Gasteiger partial charge in [0.05, 0.1) is 0 Å². The van der Waals surface area contributed by atoms with Crippen molar-refractivity contribution in [3.8, 4) is 5.75 Å². The molecule has 75 valence electrons. The van der Waals surface area contributed by atoms with Gasteiger partial charge in [0, 0.05) is 12.6 Å². The molecule has 1 fully saturated rings. The molecule has 0 aromatic heterocycles. The topological polar surface area (TPSA) is 12.5 Å². The Hall–Kier alpha value is -1.02. The average Bonchev–Trinajstić information content (AvgIpc) is 2.72. The molecule has 1 aromatic carbocycles. The fourth-order valence-electron chi connectivity index (χ4n) is 1.76. The first-order chi connectivity index (χ1) is 6.95. The number of hydrogen-bond donors (Lipinski definition) is 0. The van der Waals surface area contributed by atoms with Crippen molar-refractivity contribution in [2.45, 2.75) is 12.8 Å². The zero-order valence-corrected chi connectivity index (χ0v) is 8.41. The summed E-state index contributed by atoms with van der Waals surface area (Å²) in [5.41, 5.74) is 0. The minimum atomic E-state index is 0.778. The zero-order chi connectivity index (χ0) is 9.64. The molecule has 1 radical (unpaired) electrons. The van der Waals surface area contributed by atoms with Gasteiger partial charge in [0.15, 0.2) is 0 Å². The monoisotopic (exact) mass is 190 g/mol. The van der Waals surface area contributed by atoms with Gasteiger partial charge in [0.2, 0.25) is 0 Å². The van der Waals surface area contributed by atoms with E-state index in [9.17, 15) is 0 Å². The Morgan fingerprint density at radius 2 is 2.14 bits per heavy atom. The highest BCUT2D eigenvalue weighted by Crippen LogP contribution is 2.09. The van der Waals surface area contributed by atoms with Crippen LogP contribution in [0.1, 0.15) is 12.8 Å². The van der Waals surface area contributed by atoms with Crippen molar-refractivity contribution < 1.29 is 4.74 Å². The van der Waals surface area contributed by atoms with Gasteiger partial charge in [0.1, 0.15) is 12.4 Å². The minimum Gasteiger partial charge on any atom is -0.492 e. The molecule has 0 saturated carbocycles. The number of likely N-dealkylation sites (tertiary alicyclic amines) is 1. The summed E-state index contributed by atoms with van der Waals surface area (Å²) in [5, 5.41) is 0. The molecule has 0 N–H and O–H groups in total. The lowest BCUT2D eigenvalue weighted by Crippen LogP contribution is -2.25. The maximum Gasteiger partial charge on any atom is 0.127 e. The molecular weight excluding hydrogens is 174 g/mol. The third kappa shape index (κ3) is 2.74. The Morgan fingerprint density at radius 1 is 1.29 bits per heavy atom. The van der Waals surface area contributed by atoms with Crippen molar-refractivity contribution in [3.05, 3.63) is 30.3 Å². The Kier molecular flexibility index (Phi) is 3.41. The molecule has 0 aliphatic carbocycles. The first-order valence-corrected chi connectivity index (χ1v) is 5.27. The van der Waals surface area contributed by atoms with Gasteiger partial charge >= 0.3 is 0 Å². The van der Waals surface area contributed by atoms with E-state index >= 15 is 0 Å². The van der Waals surface area contributed by atoms with Crippen molar-refractivity contribution in [1.29, 1.82) is 0 Å². The molecule has 1 aliphatic rings. The van der Waals surface area contributed by atoms with Crippen LogP contribution in [0.5, 0.6) is 5.75 Å². The van der Waals surface area contributed by atoms with Crippen LogP contribution in [0.25, 0.3) is 0 Å². The third-order valence-corrected chi connectivity index (χ3v) is 2.54. The quantitative estimate of drug-likeness (QED) is 0.719. The van der Waals surface area contributed by atoms with Gasteiger partial charge in [-0.2, -0.15) is 0 Å². The van der Waals surface area contributed by atoms with Crippen LogP contribution in [0.2, 0.25) is 0 Å². The lowest BCUT2D eigenvalue weighted by Gasteiger charge is -2.14. The van der Waals surface area contributed by atoms with Crippen molar-refractivity contribution in [2.24, 2.45) is 0 Å². The first-order valence-electron chi connectivity index (χ1n) is 5.27. The molecule has 1 aliphatic heterocycles. The molecule has 1 heterocycles. The van der Waals surface area contributed by atoms with E-state index < -0.39 is 0 Å². The maximum atomic E-state index is 5.57. The summed E-state index contributed by atoms with van der Waals surface area (Å²) < 4.78 is 5.57. The van der Waals surface area contributed by atoms with Crippen LogP contribution in [0.3, 0.4) is 0 Å². The van der Waals surface area contributed by atoms with Crippen LogP contribution < -0.4 is 4.74 Å². The van der Waals surface area contributed by atoms with Crippen LogP contribution in [0, 0.1) is 6.07 Å². The van der Waals surface area contributed by atoms with Crippen molar-refractivity contribution in [3.63, 3.8) is 0 Å². The van der Waals surface area contributed by atoms with Crippen LogP contribution in [-0.4, -0.2) is 31.1 Å². The van der Waals surface area contributed by atoms with Crippen molar-refractivity contribution >= 4 is 0 Å². The summed E-state index contributed by atoms with van der Waals surface area (Å²) in [5.74, 6) is 0.853. The summed E-state index contributed by atoms with van der Waals surface area (Å²) in [6.45, 7) is 4.30. The zero-order valence-electron chi connectivity index (χ0n) is 8.41. The number of hydrogen-bond acceptors (Lipinski definition) is 2. The minimum absolute atomic E-state index is 0.778. The summed E-state index contributed by atoms with van der Waals surface area (Å²) in [6.07, 6.45) is 2.69. The predicted octanol–water partition coefficient (Wildman–Crippen LogP) is 1.96. The molecule has 2 nitrogen and oxygen atoms in total. The normalized spacial score (nSPS) is 17.1. The van der Waals surface area contributed by atoms with E-state index in [0.717, 1.165) is 18.9 Å². The van der Waals surface area contributed by atoms with Gasteiger partial charge in [-0.3, -0.25) is 4.90 Å². The van der Waals surface area contributed by atoms with Crippen LogP contribution in [-0.2, 0) is 0 Å². The molecule has 0 unspecified atom stereocenters. The summed E-state index contributed by atoms with van der Waals surface area (Å²) >= 11 is 0. The highest BCUT2D eigenvalue weighted by atomic mass is 16.5. The number of benzene rings is 1. The van der Waals surface area contributed by atoms with E-state index in [0.29, 0.717) is 0 Å². The van der Waals surface area contributed by atoms with E-state index in [1.54, 1.807) is 0 Å². The molecule has 0 atom stereocenters. The average molecular weight is 190 g/mol. The Balaban J connectivity index is 1.67. The summed E-state index contributed by atoms with van der Waals surface area (Å²) in [6, 6.07) is 10.8. The van der Waals surface area contributed by atoms with E-state index in [1.807, 2.05) is 24.3 Å². The van der Waals surface area contributed by atoms with E-state index in [4.69, 9.17) is 4.74 Å². The Labute approximate surface area is 85.5 Å². The second kappa shape index (κ2) is 5.01. The molecule has 14 heavy (non-hydrogen) atoms. The lowest BCUT2D eigenvalue weighted by atomic mass is 10.3. The second-order valence-electron chi connectivity index (χ2n) is 3.62. The standard InChI is InChI=1S/C12H16NO/c1-2-6-12(7-3-1)14-11-10-13-8-4-5-9-13/h1-3,6H,4-5,8-11H2. The molecule has 2 heteroatoms. The van der Waals surface area contributed by atoms with Gasteiger partial charge < -0.3 is 4.74 Å². The second-order valence-corrected chi connectivity index (χ2v) is 3.62. The molecule has 0 amide bonds. The van der Waals surface area contributed by atoms with E-state index in [1.165, 1.54) is 25.9 Å². The lowest BCUT2D eigenvalue weighted by molar-refractivity contribution is 0.237. The first kappa shape index (κ1) is 9.53.